The molecule has 0 radical (unpaired) electrons. The second-order valence-electron chi connectivity index (χ2n) is 5.11. The van der Waals surface area contributed by atoms with Crippen molar-refractivity contribution < 1.29 is 4.74 Å². The summed E-state index contributed by atoms with van der Waals surface area (Å²) < 4.78 is 5.70. The summed E-state index contributed by atoms with van der Waals surface area (Å²) in [5.74, 6) is 0.606. The third-order valence-electron chi connectivity index (χ3n) is 3.23. The summed E-state index contributed by atoms with van der Waals surface area (Å²) in [7, 11) is 0. The molecule has 0 aliphatic heterocycles. The minimum absolute atomic E-state index is 0.0404. The molecule has 4 nitrogen and oxygen atoms in total. The van der Waals surface area contributed by atoms with E-state index in [1.54, 1.807) is 6.92 Å². The van der Waals surface area contributed by atoms with Gasteiger partial charge in [0, 0.05) is 11.3 Å². The molecule has 2 rings (SSSR count). The Labute approximate surface area is 107 Å². The Morgan fingerprint density at radius 3 is 2.44 bits per heavy atom. The lowest BCUT2D eigenvalue weighted by atomic mass is 9.88. The zero-order valence-corrected chi connectivity index (χ0v) is 11.2. The van der Waals surface area contributed by atoms with Crippen LogP contribution in [-0.4, -0.2) is 16.8 Å². The molecule has 1 heterocycles. The number of rotatable bonds is 3. The molecule has 0 fully saturated rings. The van der Waals surface area contributed by atoms with Gasteiger partial charge in [-0.25, -0.2) is 0 Å². The fourth-order valence-corrected chi connectivity index (χ4v) is 2.54. The third-order valence-corrected chi connectivity index (χ3v) is 3.23. The first-order chi connectivity index (χ1) is 8.50. The first kappa shape index (κ1) is 12.9. The van der Waals surface area contributed by atoms with Gasteiger partial charge in [0.05, 0.1) is 11.7 Å². The number of hydrogen-bond donors (Lipinski definition) is 2. The van der Waals surface area contributed by atoms with Gasteiger partial charge in [0.25, 0.3) is 5.56 Å². The first-order valence-electron chi connectivity index (χ1n) is 6.51. The van der Waals surface area contributed by atoms with Gasteiger partial charge in [-0.1, -0.05) is 0 Å². The summed E-state index contributed by atoms with van der Waals surface area (Å²) in [6.07, 6.45) is 4.04. The number of aromatic amines is 1. The second kappa shape index (κ2) is 4.96. The highest BCUT2D eigenvalue weighted by Crippen LogP contribution is 2.29. The zero-order valence-electron chi connectivity index (χ0n) is 11.2. The van der Waals surface area contributed by atoms with E-state index in [2.05, 4.69) is 4.98 Å². The lowest BCUT2D eigenvalue weighted by molar-refractivity contribution is 0.228. The number of H-pyrrole nitrogens is 1. The summed E-state index contributed by atoms with van der Waals surface area (Å²) in [5.41, 5.74) is 2.80. The van der Waals surface area contributed by atoms with Crippen molar-refractivity contribution >= 4 is 5.71 Å². The highest BCUT2D eigenvalue weighted by molar-refractivity contribution is 5.97. The van der Waals surface area contributed by atoms with Crippen LogP contribution in [0.25, 0.3) is 0 Å². The maximum atomic E-state index is 12.1. The number of ether oxygens (including phenoxy) is 1. The first-order valence-corrected chi connectivity index (χ1v) is 6.51. The number of hydrogen-bond acceptors (Lipinski definition) is 3. The van der Waals surface area contributed by atoms with E-state index >= 15 is 0 Å². The Morgan fingerprint density at radius 1 is 1.28 bits per heavy atom. The van der Waals surface area contributed by atoms with Crippen LogP contribution in [0.1, 0.15) is 50.3 Å². The van der Waals surface area contributed by atoms with Crippen LogP contribution in [0.2, 0.25) is 0 Å². The van der Waals surface area contributed by atoms with E-state index in [0.717, 1.165) is 36.8 Å². The van der Waals surface area contributed by atoms with Crippen LogP contribution in [0.15, 0.2) is 4.79 Å². The second-order valence-corrected chi connectivity index (χ2v) is 5.11. The van der Waals surface area contributed by atoms with Crippen molar-refractivity contribution in [2.24, 2.45) is 0 Å². The van der Waals surface area contributed by atoms with E-state index in [9.17, 15) is 4.79 Å². The fraction of sp³-hybridized carbons (Fsp3) is 0.571. The molecule has 1 aromatic rings. The molecule has 0 unspecified atom stereocenters. The Kier molecular flexibility index (Phi) is 3.55. The summed E-state index contributed by atoms with van der Waals surface area (Å²) in [6.45, 7) is 5.56. The normalized spacial score (nSPS) is 14.4. The molecular formula is C14H20N2O2. The van der Waals surface area contributed by atoms with Gasteiger partial charge in [0.15, 0.2) is 5.88 Å². The number of nitrogens with one attached hydrogen (secondary N) is 2. The predicted molar refractivity (Wildman–Crippen MR) is 72.0 cm³/mol. The van der Waals surface area contributed by atoms with E-state index in [0.29, 0.717) is 17.2 Å². The Morgan fingerprint density at radius 2 is 1.89 bits per heavy atom. The van der Waals surface area contributed by atoms with Crippen LogP contribution in [0, 0.1) is 5.41 Å². The van der Waals surface area contributed by atoms with Gasteiger partial charge >= 0.3 is 0 Å². The lowest BCUT2D eigenvalue weighted by Crippen LogP contribution is -2.25. The van der Waals surface area contributed by atoms with Crippen molar-refractivity contribution in [1.29, 1.82) is 5.41 Å². The molecule has 0 saturated carbocycles. The average molecular weight is 248 g/mol. The molecule has 1 aliphatic rings. The molecule has 0 amide bonds. The van der Waals surface area contributed by atoms with E-state index in [1.807, 2.05) is 13.8 Å². The van der Waals surface area contributed by atoms with Crippen molar-refractivity contribution in [3.8, 4) is 5.88 Å². The van der Waals surface area contributed by atoms with Crippen LogP contribution >= 0.6 is 0 Å². The van der Waals surface area contributed by atoms with E-state index in [1.165, 1.54) is 0 Å². The lowest BCUT2D eigenvalue weighted by Gasteiger charge is -2.22. The molecule has 0 saturated heterocycles. The SMILES string of the molecule is CC(=N)c1c2c(c(OC(C)C)[nH]c1=O)CCCC2. The van der Waals surface area contributed by atoms with Gasteiger partial charge in [-0.05, 0) is 52.0 Å². The van der Waals surface area contributed by atoms with Gasteiger partial charge in [-0.15, -0.1) is 0 Å². The topological polar surface area (TPSA) is 65.9 Å². The van der Waals surface area contributed by atoms with Gasteiger partial charge in [-0.2, -0.15) is 0 Å². The molecule has 0 spiro atoms. The van der Waals surface area contributed by atoms with Crippen molar-refractivity contribution in [2.75, 3.05) is 0 Å². The van der Waals surface area contributed by atoms with Crippen molar-refractivity contribution in [1.82, 2.24) is 4.98 Å². The van der Waals surface area contributed by atoms with Crippen LogP contribution in [0.5, 0.6) is 5.88 Å². The quantitative estimate of drug-likeness (QED) is 0.807. The molecule has 0 atom stereocenters. The van der Waals surface area contributed by atoms with Crippen LogP contribution < -0.4 is 10.3 Å². The largest absolute Gasteiger partial charge is 0.476 e. The monoisotopic (exact) mass is 248 g/mol. The van der Waals surface area contributed by atoms with Crippen molar-refractivity contribution in [2.45, 2.75) is 52.6 Å². The maximum Gasteiger partial charge on any atom is 0.260 e. The molecule has 1 aliphatic carbocycles. The molecule has 1 aromatic heterocycles. The van der Waals surface area contributed by atoms with Crippen LogP contribution in [0.4, 0.5) is 0 Å². The van der Waals surface area contributed by atoms with Crippen LogP contribution in [-0.2, 0) is 12.8 Å². The average Bonchev–Trinajstić information content (AvgIpc) is 2.27. The Hall–Kier alpha value is -1.58. The van der Waals surface area contributed by atoms with E-state index in [4.69, 9.17) is 10.1 Å². The number of fused-ring (bicyclic) bond motifs is 1. The Balaban J connectivity index is 2.62. The van der Waals surface area contributed by atoms with Gasteiger partial charge in [-0.3, -0.25) is 9.78 Å². The highest BCUT2D eigenvalue weighted by atomic mass is 16.5. The molecule has 98 valence electrons. The molecule has 2 N–H and O–H groups in total. The van der Waals surface area contributed by atoms with Crippen LogP contribution in [0.3, 0.4) is 0 Å². The molecule has 18 heavy (non-hydrogen) atoms. The molecule has 0 bridgehead atoms. The molecule has 0 aromatic carbocycles. The molecule has 4 heteroatoms. The van der Waals surface area contributed by atoms with Gasteiger partial charge < -0.3 is 10.1 Å². The standard InChI is InChI=1S/C14H20N2O2/c1-8(2)18-14-11-7-5-4-6-10(11)12(9(3)15)13(17)16-14/h8,15H,4-7H2,1-3H3,(H,16,17). The highest BCUT2D eigenvalue weighted by Gasteiger charge is 2.22. The minimum atomic E-state index is -0.196. The van der Waals surface area contributed by atoms with E-state index < -0.39 is 0 Å². The van der Waals surface area contributed by atoms with Crippen molar-refractivity contribution in [3.63, 3.8) is 0 Å². The zero-order chi connectivity index (χ0) is 13.3. The molecular weight excluding hydrogens is 228 g/mol. The predicted octanol–water partition coefficient (Wildman–Crippen LogP) is 2.43. The van der Waals surface area contributed by atoms with E-state index in [-0.39, 0.29) is 11.7 Å². The summed E-state index contributed by atoms with van der Waals surface area (Å²) in [6, 6.07) is 0. The van der Waals surface area contributed by atoms with Crippen molar-refractivity contribution in [3.05, 3.63) is 27.0 Å². The summed E-state index contributed by atoms with van der Waals surface area (Å²) in [4.78, 5) is 14.9. The van der Waals surface area contributed by atoms with Gasteiger partial charge in [0.1, 0.15) is 0 Å². The Bertz CT molecular complexity index is 529. The summed E-state index contributed by atoms with van der Waals surface area (Å²) in [5, 5.41) is 7.77. The summed E-state index contributed by atoms with van der Waals surface area (Å²) >= 11 is 0. The minimum Gasteiger partial charge on any atom is -0.476 e. The van der Waals surface area contributed by atoms with Gasteiger partial charge in [0.2, 0.25) is 0 Å². The fourth-order valence-electron chi connectivity index (χ4n) is 2.54. The number of pyridine rings is 1. The third kappa shape index (κ3) is 2.33. The number of aromatic nitrogens is 1. The maximum absolute atomic E-state index is 12.1. The smallest absolute Gasteiger partial charge is 0.260 e.